The first-order valence-corrected chi connectivity index (χ1v) is 9.82. The highest BCUT2D eigenvalue weighted by Crippen LogP contribution is 2.24. The monoisotopic (exact) mass is 325 g/mol. The van der Waals surface area contributed by atoms with Crippen LogP contribution in [0.4, 0.5) is 0 Å². The summed E-state index contributed by atoms with van der Waals surface area (Å²) in [7, 11) is -2.82. The molecular formula is C15H19NO3S2. The fraction of sp³-hybridized carbons (Fsp3) is 0.467. The summed E-state index contributed by atoms with van der Waals surface area (Å²) in [6.07, 6.45) is 3.12. The summed E-state index contributed by atoms with van der Waals surface area (Å²) in [6, 6.07) is 8.35. The quantitative estimate of drug-likeness (QED) is 0.848. The van der Waals surface area contributed by atoms with Crippen LogP contribution in [0, 0.1) is 0 Å². The van der Waals surface area contributed by atoms with Crippen molar-refractivity contribution in [2.45, 2.75) is 32.0 Å². The third-order valence-corrected chi connectivity index (χ3v) is 6.50. The molecule has 1 aliphatic heterocycles. The van der Waals surface area contributed by atoms with E-state index < -0.39 is 9.84 Å². The highest BCUT2D eigenvalue weighted by Gasteiger charge is 2.28. The number of sulfone groups is 1. The van der Waals surface area contributed by atoms with Gasteiger partial charge in [-0.25, -0.2) is 8.42 Å². The van der Waals surface area contributed by atoms with Crippen molar-refractivity contribution in [3.8, 4) is 0 Å². The Balaban J connectivity index is 1.72. The van der Waals surface area contributed by atoms with E-state index in [-0.39, 0.29) is 0 Å². The lowest BCUT2D eigenvalue weighted by atomic mass is 10.1. The van der Waals surface area contributed by atoms with Crippen LogP contribution < -0.4 is 0 Å². The van der Waals surface area contributed by atoms with Crippen LogP contribution in [-0.4, -0.2) is 30.9 Å². The van der Waals surface area contributed by atoms with Gasteiger partial charge >= 0.3 is 0 Å². The first-order valence-electron chi connectivity index (χ1n) is 7.12. The third kappa shape index (κ3) is 3.96. The minimum absolute atomic E-state index is 0.302. The van der Waals surface area contributed by atoms with Crippen molar-refractivity contribution in [1.82, 2.24) is 4.90 Å². The minimum Gasteiger partial charge on any atom is -0.468 e. The zero-order chi connectivity index (χ0) is 14.7. The van der Waals surface area contributed by atoms with Gasteiger partial charge in [-0.15, -0.1) is 11.3 Å². The summed E-state index contributed by atoms with van der Waals surface area (Å²) in [6.45, 7) is 1.58. The van der Waals surface area contributed by atoms with Crippen molar-refractivity contribution in [2.24, 2.45) is 0 Å². The second-order valence-corrected chi connectivity index (χ2v) is 8.78. The van der Waals surface area contributed by atoms with Crippen LogP contribution in [0.3, 0.4) is 0 Å². The van der Waals surface area contributed by atoms with Gasteiger partial charge < -0.3 is 4.42 Å². The molecule has 2 aromatic heterocycles. The first kappa shape index (κ1) is 14.8. The number of nitrogens with zero attached hydrogens (tertiary/aromatic N) is 1. The molecule has 21 heavy (non-hydrogen) atoms. The van der Waals surface area contributed by atoms with Crippen molar-refractivity contribution < 1.29 is 12.8 Å². The molecule has 0 bridgehead atoms. The Morgan fingerprint density at radius 3 is 2.62 bits per heavy atom. The summed E-state index contributed by atoms with van der Waals surface area (Å²) >= 11 is 1.74. The van der Waals surface area contributed by atoms with Crippen LogP contribution in [0.5, 0.6) is 0 Å². The molecule has 0 atom stereocenters. The average Bonchev–Trinajstić information content (AvgIpc) is 3.11. The van der Waals surface area contributed by atoms with Gasteiger partial charge in [0.25, 0.3) is 0 Å². The van der Waals surface area contributed by atoms with Gasteiger partial charge in [-0.2, -0.15) is 0 Å². The normalized spacial score (nSPS) is 19.1. The van der Waals surface area contributed by atoms with Crippen LogP contribution in [-0.2, 0) is 22.9 Å². The molecule has 0 amide bonds. The van der Waals surface area contributed by atoms with E-state index >= 15 is 0 Å². The van der Waals surface area contributed by atoms with E-state index in [1.807, 2.05) is 12.1 Å². The molecule has 114 valence electrons. The molecule has 1 fully saturated rings. The van der Waals surface area contributed by atoms with Gasteiger partial charge in [0, 0.05) is 17.5 Å². The number of hydrogen-bond donors (Lipinski definition) is 0. The van der Waals surface area contributed by atoms with Crippen molar-refractivity contribution in [1.29, 1.82) is 0 Å². The minimum atomic E-state index is -2.82. The first-order chi connectivity index (χ1) is 10.1. The van der Waals surface area contributed by atoms with Crippen molar-refractivity contribution in [3.63, 3.8) is 0 Å². The molecule has 3 heterocycles. The van der Waals surface area contributed by atoms with E-state index in [0.717, 1.165) is 18.8 Å². The Bertz CT molecular complexity index is 597. The zero-order valence-corrected chi connectivity index (χ0v) is 13.4. The molecule has 0 aromatic carbocycles. The Kier molecular flexibility index (Phi) is 4.47. The van der Waals surface area contributed by atoms with Crippen LogP contribution in [0.25, 0.3) is 0 Å². The highest BCUT2D eigenvalue weighted by atomic mass is 32.2. The van der Waals surface area contributed by atoms with Gasteiger partial charge in [-0.1, -0.05) is 6.07 Å². The van der Waals surface area contributed by atoms with Gasteiger partial charge in [-0.05, 0) is 36.4 Å². The molecule has 2 aromatic rings. The Labute approximate surface area is 129 Å². The van der Waals surface area contributed by atoms with E-state index in [4.69, 9.17) is 4.42 Å². The predicted molar refractivity (Wildman–Crippen MR) is 83.9 cm³/mol. The molecular weight excluding hydrogens is 306 g/mol. The summed E-state index contributed by atoms with van der Waals surface area (Å²) in [5.41, 5.74) is 0. The Hall–Kier alpha value is -1.11. The molecule has 1 saturated heterocycles. The second kappa shape index (κ2) is 6.34. The Morgan fingerprint density at radius 1 is 1.19 bits per heavy atom. The molecule has 0 aliphatic carbocycles. The standard InChI is InChI=1S/C15H19NO3S2/c17-21(18)9-5-13(6-10-21)16(11-14-3-1-7-19-14)12-15-4-2-8-20-15/h1-4,7-8,13H,5-6,9-12H2. The SMILES string of the molecule is O=S1(=O)CCC(N(Cc2ccco2)Cc2cccs2)CC1. The number of hydrogen-bond acceptors (Lipinski definition) is 5. The molecule has 0 N–H and O–H groups in total. The summed E-state index contributed by atoms with van der Waals surface area (Å²) in [5.74, 6) is 1.54. The maximum atomic E-state index is 11.6. The number of furan rings is 1. The van der Waals surface area contributed by atoms with Crippen LogP contribution in [0.2, 0.25) is 0 Å². The van der Waals surface area contributed by atoms with E-state index in [9.17, 15) is 8.42 Å². The molecule has 0 radical (unpaired) electrons. The van der Waals surface area contributed by atoms with E-state index in [2.05, 4.69) is 22.4 Å². The lowest BCUT2D eigenvalue weighted by Crippen LogP contribution is -2.40. The number of thiophene rings is 1. The van der Waals surface area contributed by atoms with Gasteiger partial charge in [0.05, 0.1) is 24.3 Å². The average molecular weight is 325 g/mol. The summed E-state index contributed by atoms with van der Waals surface area (Å²) < 4.78 is 28.7. The predicted octanol–water partition coefficient (Wildman–Crippen LogP) is 2.92. The summed E-state index contributed by atoms with van der Waals surface area (Å²) in [5, 5.41) is 2.08. The van der Waals surface area contributed by atoms with Crippen LogP contribution >= 0.6 is 11.3 Å². The van der Waals surface area contributed by atoms with E-state index in [1.165, 1.54) is 4.88 Å². The highest BCUT2D eigenvalue weighted by molar-refractivity contribution is 7.91. The van der Waals surface area contributed by atoms with Crippen molar-refractivity contribution in [2.75, 3.05) is 11.5 Å². The van der Waals surface area contributed by atoms with E-state index in [0.29, 0.717) is 30.4 Å². The van der Waals surface area contributed by atoms with Gasteiger partial charge in [0.15, 0.2) is 0 Å². The van der Waals surface area contributed by atoms with Gasteiger partial charge in [0.1, 0.15) is 15.6 Å². The largest absolute Gasteiger partial charge is 0.468 e. The lowest BCUT2D eigenvalue weighted by molar-refractivity contribution is 0.155. The maximum Gasteiger partial charge on any atom is 0.150 e. The lowest BCUT2D eigenvalue weighted by Gasteiger charge is -2.33. The smallest absolute Gasteiger partial charge is 0.150 e. The van der Waals surface area contributed by atoms with Crippen LogP contribution in [0.15, 0.2) is 40.3 Å². The zero-order valence-electron chi connectivity index (χ0n) is 11.8. The molecule has 0 saturated carbocycles. The fourth-order valence-corrected chi connectivity index (χ4v) is 4.96. The van der Waals surface area contributed by atoms with E-state index in [1.54, 1.807) is 17.6 Å². The molecule has 0 unspecified atom stereocenters. The topological polar surface area (TPSA) is 50.5 Å². The van der Waals surface area contributed by atoms with Gasteiger partial charge in [0.2, 0.25) is 0 Å². The molecule has 6 heteroatoms. The molecule has 1 aliphatic rings. The van der Waals surface area contributed by atoms with Crippen molar-refractivity contribution in [3.05, 3.63) is 46.5 Å². The summed E-state index contributed by atoms with van der Waals surface area (Å²) in [4.78, 5) is 3.65. The molecule has 4 nitrogen and oxygen atoms in total. The van der Waals surface area contributed by atoms with Gasteiger partial charge in [-0.3, -0.25) is 4.90 Å². The van der Waals surface area contributed by atoms with Crippen LogP contribution in [0.1, 0.15) is 23.5 Å². The maximum absolute atomic E-state index is 11.6. The molecule has 0 spiro atoms. The second-order valence-electron chi connectivity index (χ2n) is 5.45. The fourth-order valence-electron chi connectivity index (χ4n) is 2.76. The molecule has 3 rings (SSSR count). The third-order valence-electron chi connectivity index (χ3n) is 3.92. The number of rotatable bonds is 5. The Morgan fingerprint density at radius 2 is 2.00 bits per heavy atom. The van der Waals surface area contributed by atoms with Crippen molar-refractivity contribution >= 4 is 21.2 Å².